The van der Waals surface area contributed by atoms with E-state index in [2.05, 4.69) is 22.0 Å². The van der Waals surface area contributed by atoms with Gasteiger partial charge in [0.15, 0.2) is 5.82 Å². The van der Waals surface area contributed by atoms with Gasteiger partial charge in [-0.25, -0.2) is 0 Å². The first-order chi connectivity index (χ1) is 11.1. The van der Waals surface area contributed by atoms with Crippen molar-refractivity contribution in [1.82, 2.24) is 19.9 Å². The summed E-state index contributed by atoms with van der Waals surface area (Å²) in [5, 5.41) is 3.82. The van der Waals surface area contributed by atoms with Crippen LogP contribution in [0.3, 0.4) is 0 Å². The number of amides is 1. The molecule has 0 aliphatic carbocycles. The van der Waals surface area contributed by atoms with Gasteiger partial charge in [0, 0.05) is 39.2 Å². The standard InChI is InChI=1S/C15H26N4O4/c1-4-18(10-14-16-13(11-21-3)17-23-14)15(20)9-12(2)19-5-7-22-8-6-19/h12H,4-11H2,1-3H3. The minimum absolute atomic E-state index is 0.0954. The predicted molar refractivity (Wildman–Crippen MR) is 82.6 cm³/mol. The Kier molecular flexibility index (Phi) is 6.94. The van der Waals surface area contributed by atoms with Crippen LogP contribution in [0, 0.1) is 0 Å². The van der Waals surface area contributed by atoms with Crippen LogP contribution < -0.4 is 0 Å². The van der Waals surface area contributed by atoms with Crippen molar-refractivity contribution in [3.63, 3.8) is 0 Å². The van der Waals surface area contributed by atoms with E-state index in [9.17, 15) is 4.79 Å². The van der Waals surface area contributed by atoms with Gasteiger partial charge >= 0.3 is 0 Å². The third kappa shape index (κ3) is 5.26. The molecule has 0 radical (unpaired) electrons. The van der Waals surface area contributed by atoms with Crippen LogP contribution >= 0.6 is 0 Å². The maximum absolute atomic E-state index is 12.5. The van der Waals surface area contributed by atoms with Crippen molar-refractivity contribution in [3.05, 3.63) is 11.7 Å². The minimum Gasteiger partial charge on any atom is -0.379 e. The summed E-state index contributed by atoms with van der Waals surface area (Å²) in [6, 6.07) is 0.201. The van der Waals surface area contributed by atoms with Crippen molar-refractivity contribution < 1.29 is 18.8 Å². The van der Waals surface area contributed by atoms with Gasteiger partial charge in [-0.15, -0.1) is 0 Å². The zero-order chi connectivity index (χ0) is 16.7. The van der Waals surface area contributed by atoms with Gasteiger partial charge in [0.2, 0.25) is 11.8 Å². The fourth-order valence-electron chi connectivity index (χ4n) is 2.61. The smallest absolute Gasteiger partial charge is 0.246 e. The molecular formula is C15H26N4O4. The molecule has 2 rings (SSSR count). The molecule has 1 aliphatic heterocycles. The van der Waals surface area contributed by atoms with Crippen LogP contribution in [0.2, 0.25) is 0 Å². The summed E-state index contributed by atoms with van der Waals surface area (Å²) in [5.74, 6) is 1.02. The Labute approximate surface area is 136 Å². The number of carbonyl (C=O) groups is 1. The molecule has 130 valence electrons. The van der Waals surface area contributed by atoms with Crippen molar-refractivity contribution in [2.45, 2.75) is 39.5 Å². The van der Waals surface area contributed by atoms with Gasteiger partial charge in [-0.1, -0.05) is 5.16 Å². The zero-order valence-corrected chi connectivity index (χ0v) is 14.2. The number of nitrogens with zero attached hydrogens (tertiary/aromatic N) is 4. The van der Waals surface area contributed by atoms with E-state index in [1.54, 1.807) is 12.0 Å². The van der Waals surface area contributed by atoms with Gasteiger partial charge in [-0.3, -0.25) is 9.69 Å². The highest BCUT2D eigenvalue weighted by atomic mass is 16.5. The van der Waals surface area contributed by atoms with Gasteiger partial charge < -0.3 is 18.9 Å². The van der Waals surface area contributed by atoms with Crippen LogP contribution in [0.15, 0.2) is 4.52 Å². The lowest BCUT2D eigenvalue weighted by molar-refractivity contribution is -0.133. The van der Waals surface area contributed by atoms with Crippen LogP contribution in [0.4, 0.5) is 0 Å². The third-order valence-electron chi connectivity index (χ3n) is 3.98. The minimum atomic E-state index is 0.0954. The lowest BCUT2D eigenvalue weighted by atomic mass is 10.1. The van der Waals surface area contributed by atoms with E-state index in [-0.39, 0.29) is 11.9 Å². The Bertz CT molecular complexity index is 488. The van der Waals surface area contributed by atoms with Crippen molar-refractivity contribution in [2.75, 3.05) is 40.0 Å². The highest BCUT2D eigenvalue weighted by Gasteiger charge is 2.23. The molecule has 0 aromatic carbocycles. The van der Waals surface area contributed by atoms with Crippen LogP contribution in [0.25, 0.3) is 0 Å². The lowest BCUT2D eigenvalue weighted by Gasteiger charge is -2.33. The molecule has 1 aromatic rings. The molecule has 0 bridgehead atoms. The van der Waals surface area contributed by atoms with Crippen molar-refractivity contribution in [1.29, 1.82) is 0 Å². The summed E-state index contributed by atoms with van der Waals surface area (Å²) in [5.41, 5.74) is 0. The number of rotatable bonds is 8. The average Bonchev–Trinajstić information content (AvgIpc) is 3.01. The Morgan fingerprint density at radius 3 is 2.83 bits per heavy atom. The first kappa shape index (κ1) is 17.8. The molecule has 1 aromatic heterocycles. The monoisotopic (exact) mass is 326 g/mol. The topological polar surface area (TPSA) is 80.9 Å². The molecule has 0 saturated carbocycles. The van der Waals surface area contributed by atoms with Crippen molar-refractivity contribution in [3.8, 4) is 0 Å². The number of ether oxygens (including phenoxy) is 2. The first-order valence-electron chi connectivity index (χ1n) is 8.04. The van der Waals surface area contributed by atoms with Gasteiger partial charge in [0.1, 0.15) is 6.61 Å². The predicted octanol–water partition coefficient (Wildman–Crippen LogP) is 0.675. The van der Waals surface area contributed by atoms with E-state index in [1.165, 1.54) is 0 Å². The SMILES string of the molecule is CCN(Cc1nc(COC)no1)C(=O)CC(C)N1CCOCC1. The molecule has 1 aliphatic rings. The largest absolute Gasteiger partial charge is 0.379 e. The molecule has 2 heterocycles. The highest BCUT2D eigenvalue weighted by Crippen LogP contribution is 2.11. The molecule has 1 unspecified atom stereocenters. The zero-order valence-electron chi connectivity index (χ0n) is 14.2. The highest BCUT2D eigenvalue weighted by molar-refractivity contribution is 5.76. The Hall–Kier alpha value is -1.51. The summed E-state index contributed by atoms with van der Waals surface area (Å²) < 4.78 is 15.5. The van der Waals surface area contributed by atoms with Gasteiger partial charge in [0.05, 0.1) is 19.8 Å². The maximum atomic E-state index is 12.5. The number of carbonyl (C=O) groups excluding carboxylic acids is 1. The maximum Gasteiger partial charge on any atom is 0.246 e. The Balaban J connectivity index is 1.86. The molecular weight excluding hydrogens is 300 g/mol. The van der Waals surface area contributed by atoms with Gasteiger partial charge in [-0.2, -0.15) is 4.98 Å². The van der Waals surface area contributed by atoms with Crippen molar-refractivity contribution >= 4 is 5.91 Å². The Morgan fingerprint density at radius 2 is 2.17 bits per heavy atom. The second-order valence-electron chi connectivity index (χ2n) is 5.65. The van der Waals surface area contributed by atoms with Crippen LogP contribution in [-0.2, 0) is 27.4 Å². The average molecular weight is 326 g/mol. The summed E-state index contributed by atoms with van der Waals surface area (Å²) in [7, 11) is 1.57. The molecule has 1 amide bonds. The first-order valence-corrected chi connectivity index (χ1v) is 8.04. The summed E-state index contributed by atoms with van der Waals surface area (Å²) in [6.45, 7) is 8.51. The van der Waals surface area contributed by atoms with Gasteiger partial charge in [0.25, 0.3) is 0 Å². The fourth-order valence-corrected chi connectivity index (χ4v) is 2.61. The lowest BCUT2D eigenvalue weighted by Crippen LogP contribution is -2.44. The van der Waals surface area contributed by atoms with Crippen molar-refractivity contribution in [2.24, 2.45) is 0 Å². The molecule has 23 heavy (non-hydrogen) atoms. The van der Waals surface area contributed by atoms with E-state index < -0.39 is 0 Å². The van der Waals surface area contributed by atoms with E-state index in [0.717, 1.165) is 26.3 Å². The Morgan fingerprint density at radius 1 is 1.43 bits per heavy atom. The molecule has 1 atom stereocenters. The van der Waals surface area contributed by atoms with Crippen LogP contribution in [-0.4, -0.2) is 71.8 Å². The van der Waals surface area contributed by atoms with Gasteiger partial charge in [-0.05, 0) is 13.8 Å². The molecule has 8 nitrogen and oxygen atoms in total. The van der Waals surface area contributed by atoms with E-state index >= 15 is 0 Å². The summed E-state index contributed by atoms with van der Waals surface area (Å²) in [4.78, 5) is 20.8. The number of hydrogen-bond acceptors (Lipinski definition) is 7. The molecule has 0 N–H and O–H groups in total. The number of aromatic nitrogens is 2. The summed E-state index contributed by atoms with van der Waals surface area (Å²) >= 11 is 0. The third-order valence-corrected chi connectivity index (χ3v) is 3.98. The fraction of sp³-hybridized carbons (Fsp3) is 0.800. The van der Waals surface area contributed by atoms with Crippen LogP contribution in [0.5, 0.6) is 0 Å². The summed E-state index contributed by atoms with van der Waals surface area (Å²) in [6.07, 6.45) is 0.479. The normalized spacial score (nSPS) is 17.2. The second kappa shape index (κ2) is 8.95. The molecule has 0 spiro atoms. The molecule has 8 heteroatoms. The quantitative estimate of drug-likeness (QED) is 0.694. The number of hydrogen-bond donors (Lipinski definition) is 0. The van der Waals surface area contributed by atoms with Crippen LogP contribution in [0.1, 0.15) is 32.0 Å². The van der Waals surface area contributed by atoms with E-state index in [1.807, 2.05) is 6.92 Å². The van der Waals surface area contributed by atoms with E-state index in [4.69, 9.17) is 14.0 Å². The number of methoxy groups -OCH3 is 1. The second-order valence-corrected chi connectivity index (χ2v) is 5.65. The molecule has 1 saturated heterocycles. The number of morpholine rings is 1. The van der Waals surface area contributed by atoms with E-state index in [0.29, 0.717) is 37.8 Å². The molecule has 1 fully saturated rings.